The quantitative estimate of drug-likeness (QED) is 0.916. The van der Waals surface area contributed by atoms with Crippen LogP contribution in [0.15, 0.2) is 11.4 Å². The first kappa shape index (κ1) is 14.3. The standard InChI is InChI=1S/C11H17ClN2S.ClH/c1-13-10-3-2-4-14(6-10)7-11-5-9(12)8-15-11;/h5,8,10,13H,2-4,6-7H2,1H3;1H. The summed E-state index contributed by atoms with van der Waals surface area (Å²) in [6, 6.07) is 2.74. The summed E-state index contributed by atoms with van der Waals surface area (Å²) >= 11 is 7.67. The SMILES string of the molecule is CNC1CCCN(Cc2cc(Cl)cs2)C1.Cl. The molecule has 1 N–H and O–H groups in total. The number of halogens is 2. The van der Waals surface area contributed by atoms with Gasteiger partial charge in [0.25, 0.3) is 0 Å². The van der Waals surface area contributed by atoms with Crippen LogP contribution in [0, 0.1) is 0 Å². The lowest BCUT2D eigenvalue weighted by molar-refractivity contribution is 0.189. The molecule has 0 saturated carbocycles. The van der Waals surface area contributed by atoms with Crippen molar-refractivity contribution in [1.82, 2.24) is 10.2 Å². The fraction of sp³-hybridized carbons (Fsp3) is 0.636. The van der Waals surface area contributed by atoms with E-state index < -0.39 is 0 Å². The van der Waals surface area contributed by atoms with Crippen molar-refractivity contribution in [2.45, 2.75) is 25.4 Å². The van der Waals surface area contributed by atoms with E-state index in [1.165, 1.54) is 24.3 Å². The summed E-state index contributed by atoms with van der Waals surface area (Å²) in [7, 11) is 2.05. The molecule has 16 heavy (non-hydrogen) atoms. The van der Waals surface area contributed by atoms with Crippen molar-refractivity contribution in [2.24, 2.45) is 0 Å². The van der Waals surface area contributed by atoms with E-state index in [0.717, 1.165) is 18.1 Å². The smallest absolute Gasteiger partial charge is 0.0516 e. The minimum Gasteiger partial charge on any atom is -0.316 e. The number of nitrogens with one attached hydrogen (secondary N) is 1. The Morgan fingerprint density at radius 2 is 2.44 bits per heavy atom. The van der Waals surface area contributed by atoms with Crippen molar-refractivity contribution in [1.29, 1.82) is 0 Å². The molecule has 92 valence electrons. The van der Waals surface area contributed by atoms with Crippen LogP contribution in [-0.2, 0) is 6.54 Å². The van der Waals surface area contributed by atoms with Gasteiger partial charge in [-0.25, -0.2) is 0 Å². The maximum absolute atomic E-state index is 5.91. The predicted octanol–water partition coefficient (Wildman–Crippen LogP) is 3.01. The molecule has 1 atom stereocenters. The zero-order chi connectivity index (χ0) is 10.7. The molecule has 0 spiro atoms. The highest BCUT2D eigenvalue weighted by atomic mass is 35.5. The molecular formula is C11H18Cl2N2S. The molecule has 0 aliphatic carbocycles. The first-order valence-corrected chi connectivity index (χ1v) is 6.66. The summed E-state index contributed by atoms with van der Waals surface area (Å²) in [5, 5.41) is 6.24. The van der Waals surface area contributed by atoms with E-state index in [9.17, 15) is 0 Å². The van der Waals surface area contributed by atoms with Crippen molar-refractivity contribution in [3.8, 4) is 0 Å². The van der Waals surface area contributed by atoms with Gasteiger partial charge >= 0.3 is 0 Å². The minimum atomic E-state index is 0. The van der Waals surface area contributed by atoms with E-state index in [1.54, 1.807) is 11.3 Å². The average Bonchev–Trinajstić information content (AvgIpc) is 2.64. The van der Waals surface area contributed by atoms with Crippen molar-refractivity contribution in [3.63, 3.8) is 0 Å². The zero-order valence-corrected chi connectivity index (χ0v) is 11.8. The van der Waals surface area contributed by atoms with Crippen LogP contribution in [0.2, 0.25) is 5.02 Å². The van der Waals surface area contributed by atoms with Gasteiger partial charge in [0.05, 0.1) is 5.02 Å². The van der Waals surface area contributed by atoms with Gasteiger partial charge in [-0.1, -0.05) is 11.6 Å². The first-order chi connectivity index (χ1) is 7.28. The van der Waals surface area contributed by atoms with Crippen LogP contribution in [0.4, 0.5) is 0 Å². The van der Waals surface area contributed by atoms with Crippen LogP contribution in [0.25, 0.3) is 0 Å². The van der Waals surface area contributed by atoms with Crippen LogP contribution >= 0.6 is 35.3 Å². The maximum atomic E-state index is 5.91. The van der Waals surface area contributed by atoms with Crippen molar-refractivity contribution in [3.05, 3.63) is 21.3 Å². The Kier molecular flexibility index (Phi) is 6.08. The molecule has 1 aromatic heterocycles. The molecule has 1 aromatic rings. The third kappa shape index (κ3) is 3.90. The van der Waals surface area contributed by atoms with Gasteiger partial charge in [-0.3, -0.25) is 4.90 Å². The highest BCUT2D eigenvalue weighted by Gasteiger charge is 2.18. The predicted molar refractivity (Wildman–Crippen MR) is 73.9 cm³/mol. The average molecular weight is 281 g/mol. The molecule has 2 heterocycles. The lowest BCUT2D eigenvalue weighted by Crippen LogP contribution is -2.43. The Morgan fingerprint density at radius 1 is 1.62 bits per heavy atom. The second-order valence-electron chi connectivity index (χ2n) is 4.09. The van der Waals surface area contributed by atoms with Crippen LogP contribution in [0.3, 0.4) is 0 Å². The normalized spacial score (nSPS) is 21.8. The fourth-order valence-corrected chi connectivity index (χ4v) is 3.21. The number of thiophene rings is 1. The Hall–Kier alpha value is 0.200. The van der Waals surface area contributed by atoms with E-state index in [-0.39, 0.29) is 12.4 Å². The van der Waals surface area contributed by atoms with E-state index in [2.05, 4.69) is 23.3 Å². The molecule has 0 bridgehead atoms. The second-order valence-corrected chi connectivity index (χ2v) is 5.53. The van der Waals surface area contributed by atoms with E-state index in [4.69, 9.17) is 11.6 Å². The number of hydrogen-bond acceptors (Lipinski definition) is 3. The summed E-state index contributed by atoms with van der Waals surface area (Å²) in [5.41, 5.74) is 0. The van der Waals surface area contributed by atoms with E-state index in [1.807, 2.05) is 5.38 Å². The topological polar surface area (TPSA) is 15.3 Å². The fourth-order valence-electron chi connectivity index (χ4n) is 2.09. The molecule has 1 aliphatic heterocycles. The van der Waals surface area contributed by atoms with Crippen LogP contribution in [-0.4, -0.2) is 31.1 Å². The third-order valence-electron chi connectivity index (χ3n) is 2.91. The Morgan fingerprint density at radius 3 is 3.06 bits per heavy atom. The Labute approximate surface area is 112 Å². The number of rotatable bonds is 3. The monoisotopic (exact) mass is 280 g/mol. The van der Waals surface area contributed by atoms with Gasteiger partial charge < -0.3 is 5.32 Å². The summed E-state index contributed by atoms with van der Waals surface area (Å²) in [4.78, 5) is 3.88. The molecular weight excluding hydrogens is 263 g/mol. The van der Waals surface area contributed by atoms with Gasteiger partial charge in [-0.15, -0.1) is 23.7 Å². The van der Waals surface area contributed by atoms with Crippen molar-refractivity contribution < 1.29 is 0 Å². The molecule has 2 rings (SSSR count). The zero-order valence-electron chi connectivity index (χ0n) is 9.41. The van der Waals surface area contributed by atoms with Gasteiger partial charge in [0, 0.05) is 29.4 Å². The highest BCUT2D eigenvalue weighted by Crippen LogP contribution is 2.22. The highest BCUT2D eigenvalue weighted by molar-refractivity contribution is 7.10. The number of hydrogen-bond donors (Lipinski definition) is 1. The number of likely N-dealkylation sites (tertiary alicyclic amines) is 1. The van der Waals surface area contributed by atoms with Gasteiger partial charge in [0.2, 0.25) is 0 Å². The first-order valence-electron chi connectivity index (χ1n) is 5.40. The summed E-state index contributed by atoms with van der Waals surface area (Å²) in [5.74, 6) is 0. The molecule has 5 heteroatoms. The van der Waals surface area contributed by atoms with Gasteiger partial charge in [0.15, 0.2) is 0 Å². The number of likely N-dealkylation sites (N-methyl/N-ethyl adjacent to an activating group) is 1. The Bertz CT molecular complexity index is 317. The minimum absolute atomic E-state index is 0. The summed E-state index contributed by atoms with van der Waals surface area (Å²) < 4.78 is 0. The van der Waals surface area contributed by atoms with Gasteiger partial charge in [0.1, 0.15) is 0 Å². The van der Waals surface area contributed by atoms with E-state index in [0.29, 0.717) is 6.04 Å². The molecule has 0 amide bonds. The van der Waals surface area contributed by atoms with Gasteiger partial charge in [-0.05, 0) is 32.5 Å². The molecule has 0 radical (unpaired) electrons. The van der Waals surface area contributed by atoms with E-state index >= 15 is 0 Å². The van der Waals surface area contributed by atoms with Crippen molar-refractivity contribution in [2.75, 3.05) is 20.1 Å². The van der Waals surface area contributed by atoms with Crippen LogP contribution in [0.5, 0.6) is 0 Å². The molecule has 1 unspecified atom stereocenters. The lowest BCUT2D eigenvalue weighted by atomic mass is 10.1. The summed E-state index contributed by atoms with van der Waals surface area (Å²) in [6.45, 7) is 3.43. The second kappa shape index (κ2) is 6.82. The third-order valence-corrected chi connectivity index (χ3v) is 4.18. The largest absolute Gasteiger partial charge is 0.316 e. The van der Waals surface area contributed by atoms with Crippen LogP contribution in [0.1, 0.15) is 17.7 Å². The molecule has 1 saturated heterocycles. The van der Waals surface area contributed by atoms with Gasteiger partial charge in [-0.2, -0.15) is 0 Å². The Balaban J connectivity index is 0.00000128. The van der Waals surface area contributed by atoms with Crippen LogP contribution < -0.4 is 5.32 Å². The molecule has 1 aliphatic rings. The maximum Gasteiger partial charge on any atom is 0.0516 e. The lowest BCUT2D eigenvalue weighted by Gasteiger charge is -2.32. The molecule has 1 fully saturated rings. The molecule has 0 aromatic carbocycles. The molecule has 2 nitrogen and oxygen atoms in total. The summed E-state index contributed by atoms with van der Waals surface area (Å²) in [6.07, 6.45) is 2.60. The number of piperidine rings is 1. The number of nitrogens with zero attached hydrogens (tertiary/aromatic N) is 1. The van der Waals surface area contributed by atoms with Crippen molar-refractivity contribution >= 4 is 35.3 Å².